The number of aromatic nitrogens is 3. The molecule has 0 saturated carbocycles. The summed E-state index contributed by atoms with van der Waals surface area (Å²) in [6.07, 6.45) is 7.19. The first-order valence-electron chi connectivity index (χ1n) is 5.53. The van der Waals surface area contributed by atoms with Gasteiger partial charge in [-0.1, -0.05) is 11.6 Å². The fourth-order valence-corrected chi connectivity index (χ4v) is 1.65. The number of aryl methyl sites for hydroxylation is 2. The molecule has 0 aliphatic rings. The summed E-state index contributed by atoms with van der Waals surface area (Å²) in [4.78, 5) is 19.6. The van der Waals surface area contributed by atoms with Gasteiger partial charge in [0.1, 0.15) is 0 Å². The zero-order chi connectivity index (χ0) is 13.0. The first-order valence-corrected chi connectivity index (χ1v) is 5.90. The van der Waals surface area contributed by atoms with E-state index in [9.17, 15) is 4.79 Å². The summed E-state index contributed by atoms with van der Waals surface area (Å²) in [5.41, 5.74) is 1.50. The Balaban J connectivity index is 1.92. The molecule has 0 bridgehead atoms. The highest BCUT2D eigenvalue weighted by Crippen LogP contribution is 2.19. The number of rotatable bonds is 4. The smallest absolute Gasteiger partial charge is 0.226 e. The molecule has 0 aliphatic carbocycles. The molecular formula is C12H13ClN4O. The molecule has 0 aliphatic heterocycles. The molecule has 6 heteroatoms. The molecule has 0 spiro atoms. The van der Waals surface area contributed by atoms with Gasteiger partial charge in [-0.15, -0.1) is 0 Å². The second-order valence-electron chi connectivity index (χ2n) is 3.95. The van der Waals surface area contributed by atoms with Crippen LogP contribution in [0.1, 0.15) is 12.0 Å². The number of halogens is 1. The van der Waals surface area contributed by atoms with E-state index in [0.717, 1.165) is 5.56 Å². The fraction of sp³-hybridized carbons (Fsp3) is 0.250. The van der Waals surface area contributed by atoms with Crippen LogP contribution in [0, 0.1) is 6.92 Å². The molecule has 1 N–H and O–H groups in total. The van der Waals surface area contributed by atoms with Crippen molar-refractivity contribution in [2.75, 3.05) is 5.32 Å². The largest absolute Gasteiger partial charge is 0.337 e. The summed E-state index contributed by atoms with van der Waals surface area (Å²) < 4.78 is 1.84. The van der Waals surface area contributed by atoms with Crippen molar-refractivity contribution in [2.45, 2.75) is 19.9 Å². The van der Waals surface area contributed by atoms with Crippen LogP contribution in [0.3, 0.4) is 0 Å². The molecule has 94 valence electrons. The second kappa shape index (κ2) is 5.64. The van der Waals surface area contributed by atoms with Crippen LogP contribution in [0.5, 0.6) is 0 Å². The van der Waals surface area contributed by atoms with Crippen LogP contribution in [-0.2, 0) is 11.3 Å². The Morgan fingerprint density at radius 2 is 2.39 bits per heavy atom. The third kappa shape index (κ3) is 3.30. The van der Waals surface area contributed by atoms with Crippen LogP contribution in [-0.4, -0.2) is 20.4 Å². The third-order valence-corrected chi connectivity index (χ3v) is 2.71. The van der Waals surface area contributed by atoms with E-state index in [-0.39, 0.29) is 5.91 Å². The van der Waals surface area contributed by atoms with Gasteiger partial charge in [-0.25, -0.2) is 9.97 Å². The number of anilines is 1. The minimum Gasteiger partial charge on any atom is -0.337 e. The van der Waals surface area contributed by atoms with Gasteiger partial charge in [0.25, 0.3) is 0 Å². The lowest BCUT2D eigenvalue weighted by molar-refractivity contribution is -0.116. The van der Waals surface area contributed by atoms with E-state index in [0.29, 0.717) is 23.8 Å². The predicted octanol–water partition coefficient (Wildman–Crippen LogP) is 2.27. The Bertz CT molecular complexity index is 539. The summed E-state index contributed by atoms with van der Waals surface area (Å²) in [6.45, 7) is 2.48. The number of carbonyl (C=O) groups excluding carboxylic acids is 1. The lowest BCUT2D eigenvalue weighted by Crippen LogP contribution is -2.14. The van der Waals surface area contributed by atoms with Crippen molar-refractivity contribution in [1.82, 2.24) is 14.5 Å². The maximum Gasteiger partial charge on any atom is 0.226 e. The van der Waals surface area contributed by atoms with Crippen molar-refractivity contribution in [3.63, 3.8) is 0 Å². The maximum absolute atomic E-state index is 11.7. The highest BCUT2D eigenvalue weighted by atomic mass is 35.5. The summed E-state index contributed by atoms with van der Waals surface area (Å²) in [5.74, 6) is -0.0991. The molecule has 0 fully saturated rings. The zero-order valence-electron chi connectivity index (χ0n) is 9.93. The molecule has 0 radical (unpaired) electrons. The van der Waals surface area contributed by atoms with E-state index >= 15 is 0 Å². The molecule has 2 aromatic heterocycles. The Hall–Kier alpha value is -1.88. The van der Waals surface area contributed by atoms with Crippen LogP contribution < -0.4 is 5.32 Å². The van der Waals surface area contributed by atoms with Crippen molar-refractivity contribution in [3.05, 3.63) is 41.7 Å². The Morgan fingerprint density at radius 1 is 1.56 bits per heavy atom. The second-order valence-corrected chi connectivity index (χ2v) is 4.31. The standard InChI is InChI=1S/C12H13ClN4O/c1-9-6-10(12(13)15-7-9)16-11(18)2-4-17-5-3-14-8-17/h3,5-8H,2,4H2,1H3,(H,16,18). The van der Waals surface area contributed by atoms with E-state index in [1.165, 1.54) is 0 Å². The molecule has 0 saturated heterocycles. The monoisotopic (exact) mass is 264 g/mol. The van der Waals surface area contributed by atoms with Gasteiger partial charge in [-0.3, -0.25) is 4.79 Å². The SMILES string of the molecule is Cc1cnc(Cl)c(NC(=O)CCn2ccnc2)c1. The maximum atomic E-state index is 11.7. The first-order chi connectivity index (χ1) is 8.65. The summed E-state index contributed by atoms with van der Waals surface area (Å²) >= 11 is 5.90. The summed E-state index contributed by atoms with van der Waals surface area (Å²) in [7, 11) is 0. The van der Waals surface area contributed by atoms with Crippen molar-refractivity contribution in [3.8, 4) is 0 Å². The minimum absolute atomic E-state index is 0.0991. The number of nitrogens with zero attached hydrogens (tertiary/aromatic N) is 3. The van der Waals surface area contributed by atoms with Crippen molar-refractivity contribution in [1.29, 1.82) is 0 Å². The third-order valence-electron chi connectivity index (χ3n) is 2.41. The van der Waals surface area contributed by atoms with Gasteiger partial charge in [0, 0.05) is 31.6 Å². The average molecular weight is 265 g/mol. The van der Waals surface area contributed by atoms with Crippen molar-refractivity contribution < 1.29 is 4.79 Å². The fourth-order valence-electron chi connectivity index (χ4n) is 1.50. The molecule has 2 heterocycles. The van der Waals surface area contributed by atoms with E-state index in [1.54, 1.807) is 24.8 Å². The van der Waals surface area contributed by atoms with Crippen molar-refractivity contribution >= 4 is 23.2 Å². The highest BCUT2D eigenvalue weighted by molar-refractivity contribution is 6.32. The molecule has 18 heavy (non-hydrogen) atoms. The summed E-state index contributed by atoms with van der Waals surface area (Å²) in [5, 5.41) is 3.05. The number of hydrogen-bond acceptors (Lipinski definition) is 3. The molecule has 1 amide bonds. The number of imidazole rings is 1. The molecule has 0 atom stereocenters. The van der Waals surface area contributed by atoms with Gasteiger partial charge in [-0.2, -0.15) is 0 Å². The zero-order valence-corrected chi connectivity index (χ0v) is 10.7. The molecule has 0 unspecified atom stereocenters. The van der Waals surface area contributed by atoms with E-state index in [2.05, 4.69) is 15.3 Å². The van der Waals surface area contributed by atoms with E-state index in [4.69, 9.17) is 11.6 Å². The number of amides is 1. The quantitative estimate of drug-likeness (QED) is 0.862. The number of nitrogens with one attached hydrogen (secondary N) is 1. The van der Waals surface area contributed by atoms with Gasteiger partial charge in [-0.05, 0) is 18.6 Å². The normalized spacial score (nSPS) is 10.3. The van der Waals surface area contributed by atoms with Crippen LogP contribution in [0.4, 0.5) is 5.69 Å². The predicted molar refractivity (Wildman–Crippen MR) is 69.5 cm³/mol. The van der Waals surface area contributed by atoms with Gasteiger partial charge in [0.2, 0.25) is 5.91 Å². The van der Waals surface area contributed by atoms with Crippen molar-refractivity contribution in [2.24, 2.45) is 0 Å². The first kappa shape index (κ1) is 12.6. The molecule has 2 rings (SSSR count). The molecule has 0 aromatic carbocycles. The topological polar surface area (TPSA) is 59.8 Å². The van der Waals surface area contributed by atoms with Gasteiger partial charge in [0.05, 0.1) is 12.0 Å². The van der Waals surface area contributed by atoms with Gasteiger partial charge >= 0.3 is 0 Å². The minimum atomic E-state index is -0.0991. The van der Waals surface area contributed by atoms with Gasteiger partial charge in [0.15, 0.2) is 5.15 Å². The van der Waals surface area contributed by atoms with Crippen LogP contribution in [0.25, 0.3) is 0 Å². The van der Waals surface area contributed by atoms with Crippen LogP contribution >= 0.6 is 11.6 Å². The van der Waals surface area contributed by atoms with Crippen LogP contribution in [0.2, 0.25) is 5.15 Å². The molecule has 2 aromatic rings. The average Bonchev–Trinajstić information content (AvgIpc) is 2.84. The van der Waals surface area contributed by atoms with E-state index in [1.807, 2.05) is 17.7 Å². The Kier molecular flexibility index (Phi) is 3.94. The Morgan fingerprint density at radius 3 is 3.11 bits per heavy atom. The molecule has 5 nitrogen and oxygen atoms in total. The van der Waals surface area contributed by atoms with Crippen LogP contribution in [0.15, 0.2) is 31.0 Å². The Labute approximate surface area is 110 Å². The van der Waals surface area contributed by atoms with Gasteiger partial charge < -0.3 is 9.88 Å². The number of hydrogen-bond donors (Lipinski definition) is 1. The van der Waals surface area contributed by atoms with E-state index < -0.39 is 0 Å². The number of pyridine rings is 1. The molecular weight excluding hydrogens is 252 g/mol. The number of carbonyl (C=O) groups is 1. The lowest BCUT2D eigenvalue weighted by Gasteiger charge is -2.07. The summed E-state index contributed by atoms with van der Waals surface area (Å²) in [6, 6.07) is 1.80. The lowest BCUT2D eigenvalue weighted by atomic mass is 10.3. The highest BCUT2D eigenvalue weighted by Gasteiger charge is 2.07.